The van der Waals surface area contributed by atoms with Gasteiger partial charge in [0.15, 0.2) is 0 Å². The summed E-state index contributed by atoms with van der Waals surface area (Å²) in [5, 5.41) is 3.22. The van der Waals surface area contributed by atoms with E-state index in [4.69, 9.17) is 10.6 Å². The lowest BCUT2D eigenvalue weighted by Crippen LogP contribution is -2.26. The minimum Gasteiger partial charge on any atom is -0.388 e. The summed E-state index contributed by atoms with van der Waals surface area (Å²) >= 11 is 0. The molecule has 0 spiro atoms. The summed E-state index contributed by atoms with van der Waals surface area (Å²) in [4.78, 5) is 9.51. The Balaban J connectivity index is 0.00000124. The molecule has 2 aromatic rings. The number of hydrogen-bond acceptors (Lipinski definition) is 4. The number of unbranched alkanes of at least 4 members (excludes halogenated alkanes) is 1. The van der Waals surface area contributed by atoms with Crippen LogP contribution >= 0.6 is 0 Å². The molecule has 1 aliphatic rings. The molecule has 0 heterocycles. The maximum Gasteiger partial charge on any atom is 0.413 e. The molecule has 0 amide bonds. The Morgan fingerprint density at radius 1 is 1.15 bits per heavy atom. The van der Waals surface area contributed by atoms with Crippen molar-refractivity contribution in [1.29, 1.82) is 0 Å². The van der Waals surface area contributed by atoms with Crippen molar-refractivity contribution in [3.05, 3.63) is 132 Å². The number of halogens is 3. The van der Waals surface area contributed by atoms with E-state index >= 15 is 0 Å². The van der Waals surface area contributed by atoms with Crippen LogP contribution in [0.5, 0.6) is 0 Å². The van der Waals surface area contributed by atoms with E-state index < -0.39 is 11.7 Å². The van der Waals surface area contributed by atoms with Crippen LogP contribution in [0.2, 0.25) is 0 Å². The van der Waals surface area contributed by atoms with Crippen LogP contribution in [0.1, 0.15) is 64.9 Å². The Morgan fingerprint density at radius 2 is 1.85 bits per heavy atom. The summed E-state index contributed by atoms with van der Waals surface area (Å²) in [7, 11) is 3.23. The fraction of sp³-hybridized carbons (Fsp3) is 0.375. The van der Waals surface area contributed by atoms with Crippen LogP contribution in [0.3, 0.4) is 0 Å². The van der Waals surface area contributed by atoms with Crippen LogP contribution in [-0.4, -0.2) is 26.4 Å². The molecule has 3 N–H and O–H groups in total. The van der Waals surface area contributed by atoms with Crippen LogP contribution in [0.15, 0.2) is 127 Å². The molecule has 0 aromatic heterocycles. The number of nitrogens with one attached hydrogen (secondary N) is 1. The first-order valence-electron chi connectivity index (χ1n) is 16.2. The summed E-state index contributed by atoms with van der Waals surface area (Å²) in [6.07, 6.45) is 12.2. The third kappa shape index (κ3) is 15.4. The zero-order chi connectivity index (χ0) is 35.1. The minimum absolute atomic E-state index is 0.0703. The molecule has 47 heavy (non-hydrogen) atoms. The molecule has 2 unspecified atom stereocenters. The average Bonchev–Trinajstić information content (AvgIpc) is 3.07. The number of hydrogen-bond donors (Lipinski definition) is 2. The summed E-state index contributed by atoms with van der Waals surface area (Å²) in [6, 6.07) is 16.5. The largest absolute Gasteiger partial charge is 0.413 e. The molecule has 0 fully saturated rings. The van der Waals surface area contributed by atoms with E-state index in [9.17, 15) is 13.2 Å². The molecule has 4 nitrogen and oxygen atoms in total. The molecule has 256 valence electrons. The number of benzene rings is 2. The van der Waals surface area contributed by atoms with Crippen LogP contribution in [0, 0.1) is 5.92 Å². The Labute approximate surface area is 280 Å². The van der Waals surface area contributed by atoms with Gasteiger partial charge in [0.1, 0.15) is 6.26 Å². The van der Waals surface area contributed by atoms with Gasteiger partial charge >= 0.3 is 6.18 Å². The van der Waals surface area contributed by atoms with Crippen LogP contribution < -0.4 is 11.1 Å². The summed E-state index contributed by atoms with van der Waals surface area (Å²) in [6.45, 7) is 12.7. The van der Waals surface area contributed by atoms with Gasteiger partial charge in [0.05, 0.1) is 7.11 Å². The summed E-state index contributed by atoms with van der Waals surface area (Å²) < 4.78 is 40.9. The Bertz CT molecular complexity index is 1370. The minimum atomic E-state index is -4.41. The van der Waals surface area contributed by atoms with E-state index in [0.29, 0.717) is 6.42 Å². The first kappa shape index (κ1) is 41.0. The smallest absolute Gasteiger partial charge is 0.388 e. The van der Waals surface area contributed by atoms with Gasteiger partial charge in [-0.25, -0.2) is 0 Å². The van der Waals surface area contributed by atoms with E-state index in [1.807, 2.05) is 26.1 Å². The SMILES string of the molecule is C=C=CCC.C=CC.CNc1ccc(-c2ccccc2)c(CCCCC(C)C(N)/C=C\C(=C/OOC)C2=C(C(F)(F)F)CCC=C2)c1. The third-order valence-electron chi connectivity index (χ3n) is 7.43. The first-order chi connectivity index (χ1) is 22.6. The van der Waals surface area contributed by atoms with Gasteiger partial charge in [0.2, 0.25) is 0 Å². The number of aryl methyl sites for hydroxylation is 1. The molecule has 0 radical (unpaired) electrons. The Morgan fingerprint density at radius 3 is 2.43 bits per heavy atom. The van der Waals surface area contributed by atoms with Crippen molar-refractivity contribution < 1.29 is 22.9 Å². The molecule has 1 aliphatic carbocycles. The number of rotatable bonds is 14. The number of alkyl halides is 3. The predicted octanol–water partition coefficient (Wildman–Crippen LogP) is 11.2. The van der Waals surface area contributed by atoms with Crippen LogP contribution in [0.25, 0.3) is 11.1 Å². The van der Waals surface area contributed by atoms with E-state index in [-0.39, 0.29) is 29.5 Å². The average molecular weight is 651 g/mol. The highest BCUT2D eigenvalue weighted by Gasteiger charge is 2.36. The number of nitrogens with two attached hydrogens (primary N) is 1. The highest BCUT2D eigenvalue weighted by atomic mass is 19.4. The summed E-state index contributed by atoms with van der Waals surface area (Å²) in [5.41, 5.74) is 13.7. The van der Waals surface area contributed by atoms with Gasteiger partial charge in [0, 0.05) is 29.9 Å². The second-order valence-electron chi connectivity index (χ2n) is 11.0. The van der Waals surface area contributed by atoms with Crippen LogP contribution in [0.4, 0.5) is 18.9 Å². The fourth-order valence-corrected chi connectivity index (χ4v) is 4.90. The van der Waals surface area contributed by atoms with Crippen molar-refractivity contribution in [2.45, 2.75) is 77.9 Å². The van der Waals surface area contributed by atoms with Crippen molar-refractivity contribution >= 4 is 5.69 Å². The molecular weight excluding hydrogens is 597 g/mol. The normalized spacial score (nSPS) is 14.2. The van der Waals surface area contributed by atoms with Crippen molar-refractivity contribution in [3.8, 4) is 11.1 Å². The van der Waals surface area contributed by atoms with E-state index in [2.05, 4.69) is 85.4 Å². The molecule has 0 saturated carbocycles. The zero-order valence-corrected chi connectivity index (χ0v) is 28.7. The lowest BCUT2D eigenvalue weighted by atomic mass is 9.90. The zero-order valence-electron chi connectivity index (χ0n) is 28.7. The maximum atomic E-state index is 13.6. The molecule has 2 atom stereocenters. The number of anilines is 1. The lowest BCUT2D eigenvalue weighted by Gasteiger charge is -2.20. The third-order valence-corrected chi connectivity index (χ3v) is 7.43. The second kappa shape index (κ2) is 23.3. The Hall–Kier alpha value is -4.03. The molecule has 0 saturated heterocycles. The van der Waals surface area contributed by atoms with Gasteiger partial charge < -0.3 is 15.9 Å². The fourth-order valence-electron chi connectivity index (χ4n) is 4.90. The first-order valence-corrected chi connectivity index (χ1v) is 16.2. The topological polar surface area (TPSA) is 56.5 Å². The molecule has 2 aromatic carbocycles. The van der Waals surface area contributed by atoms with Crippen molar-refractivity contribution in [2.75, 3.05) is 19.5 Å². The van der Waals surface area contributed by atoms with Gasteiger partial charge in [-0.05, 0) is 91.8 Å². The molecular formula is C40H53F3N2O2. The quantitative estimate of drug-likeness (QED) is 0.0406. The highest BCUT2D eigenvalue weighted by Crippen LogP contribution is 2.37. The van der Waals surface area contributed by atoms with Crippen molar-refractivity contribution in [1.82, 2.24) is 0 Å². The Kier molecular flexibility index (Phi) is 20.3. The highest BCUT2D eigenvalue weighted by molar-refractivity contribution is 5.70. The summed E-state index contributed by atoms with van der Waals surface area (Å²) in [5.74, 6) is 0.154. The maximum absolute atomic E-state index is 13.6. The van der Waals surface area contributed by atoms with E-state index in [1.165, 1.54) is 36.1 Å². The second-order valence-corrected chi connectivity index (χ2v) is 11.0. The molecule has 3 rings (SSSR count). The van der Waals surface area contributed by atoms with Crippen molar-refractivity contribution in [3.63, 3.8) is 0 Å². The van der Waals surface area contributed by atoms with Crippen molar-refractivity contribution in [2.24, 2.45) is 11.7 Å². The van der Waals surface area contributed by atoms with E-state index in [1.54, 1.807) is 24.3 Å². The van der Waals surface area contributed by atoms with Crippen LogP contribution in [-0.2, 0) is 16.2 Å². The predicted molar refractivity (Wildman–Crippen MR) is 193 cm³/mol. The van der Waals surface area contributed by atoms with Gasteiger partial charge in [-0.1, -0.05) is 93.6 Å². The lowest BCUT2D eigenvalue weighted by molar-refractivity contribution is -0.223. The van der Waals surface area contributed by atoms with Gasteiger partial charge in [0.25, 0.3) is 0 Å². The van der Waals surface area contributed by atoms with E-state index in [0.717, 1.165) is 37.8 Å². The van der Waals surface area contributed by atoms with Gasteiger partial charge in [-0.15, -0.1) is 12.3 Å². The molecule has 0 bridgehead atoms. The number of allylic oxidation sites excluding steroid dienone is 8. The monoisotopic (exact) mass is 650 g/mol. The molecule has 7 heteroatoms. The van der Waals surface area contributed by atoms with Gasteiger partial charge in [-0.2, -0.15) is 18.1 Å². The van der Waals surface area contributed by atoms with Gasteiger partial charge in [-0.3, -0.25) is 0 Å². The standard InChI is InChI=1S/C32H39F3N2O2.C5H8.C3H6/c1-23(11-7-8-14-25-21-27(37-2)18-19-28(25)24-12-5-4-6-13-24)31(36)20-17-26(22-39-38-3)29-15-9-10-16-30(29)32(33,34)35;1-3-5-4-2;1-3-2/h4-6,9,12-13,15,17-23,31,37H,7-8,10-11,14,16,36H2,1-3H3;5H,1,4H2,2H3;3H,1H2,2H3/b20-17-,26-22+;;. The molecule has 0 aliphatic heterocycles.